The van der Waals surface area contributed by atoms with Gasteiger partial charge in [-0.2, -0.15) is 0 Å². The predicted molar refractivity (Wildman–Crippen MR) is 108 cm³/mol. The number of furan rings is 1. The number of nitrogens with zero attached hydrogens (tertiary/aromatic N) is 2. The Morgan fingerprint density at radius 1 is 1.07 bits per heavy atom. The van der Waals surface area contributed by atoms with Gasteiger partial charge in [-0.05, 0) is 24.3 Å². The normalized spacial score (nSPS) is 16.3. The number of esters is 1. The molecule has 0 saturated carbocycles. The Morgan fingerprint density at radius 3 is 2.70 bits per heavy atom. The SMILES string of the molecule is O=C(OCc1cc(-c2cc3ccccc3o2)on1)[C@@H]1CC(=O)N(c2ccccc2)C1. The van der Waals surface area contributed by atoms with Gasteiger partial charge in [0.1, 0.15) is 17.9 Å². The van der Waals surface area contributed by atoms with Crippen LogP contribution in [0.1, 0.15) is 12.1 Å². The highest BCUT2D eigenvalue weighted by Gasteiger charge is 2.36. The van der Waals surface area contributed by atoms with E-state index in [2.05, 4.69) is 5.16 Å². The van der Waals surface area contributed by atoms with Gasteiger partial charge in [-0.3, -0.25) is 9.59 Å². The summed E-state index contributed by atoms with van der Waals surface area (Å²) in [4.78, 5) is 26.3. The maximum absolute atomic E-state index is 12.5. The van der Waals surface area contributed by atoms with Gasteiger partial charge >= 0.3 is 5.97 Å². The number of carbonyl (C=O) groups excluding carboxylic acids is 2. The molecule has 0 radical (unpaired) electrons. The van der Waals surface area contributed by atoms with Crippen molar-refractivity contribution in [3.8, 4) is 11.5 Å². The molecule has 1 amide bonds. The second-order valence-corrected chi connectivity index (χ2v) is 7.18. The van der Waals surface area contributed by atoms with Gasteiger partial charge < -0.3 is 18.6 Å². The van der Waals surface area contributed by atoms with Gasteiger partial charge in [0.2, 0.25) is 11.7 Å². The van der Waals surface area contributed by atoms with Crippen molar-refractivity contribution in [1.29, 1.82) is 0 Å². The van der Waals surface area contributed by atoms with E-state index in [1.54, 1.807) is 11.0 Å². The van der Waals surface area contributed by atoms with Gasteiger partial charge in [0.05, 0.1) is 5.92 Å². The average molecular weight is 402 g/mol. The van der Waals surface area contributed by atoms with Crippen LogP contribution in [0.3, 0.4) is 0 Å². The van der Waals surface area contributed by atoms with Crippen LogP contribution < -0.4 is 4.90 Å². The van der Waals surface area contributed by atoms with Gasteiger partial charge in [-0.1, -0.05) is 41.6 Å². The molecule has 3 heterocycles. The number of carbonyl (C=O) groups is 2. The smallest absolute Gasteiger partial charge is 0.311 e. The van der Waals surface area contributed by atoms with Crippen molar-refractivity contribution in [2.24, 2.45) is 5.92 Å². The number of anilines is 1. The zero-order chi connectivity index (χ0) is 20.5. The van der Waals surface area contributed by atoms with Crippen LogP contribution in [0.25, 0.3) is 22.5 Å². The molecule has 7 nitrogen and oxygen atoms in total. The van der Waals surface area contributed by atoms with Gasteiger partial charge in [0.15, 0.2) is 5.76 Å². The summed E-state index contributed by atoms with van der Waals surface area (Å²) < 4.78 is 16.5. The quantitative estimate of drug-likeness (QED) is 0.466. The number of benzene rings is 2. The molecule has 30 heavy (non-hydrogen) atoms. The highest BCUT2D eigenvalue weighted by Crippen LogP contribution is 2.29. The molecule has 1 fully saturated rings. The highest BCUT2D eigenvalue weighted by molar-refractivity contribution is 5.99. The van der Waals surface area contributed by atoms with E-state index in [1.165, 1.54) is 0 Å². The van der Waals surface area contributed by atoms with Crippen molar-refractivity contribution in [2.75, 3.05) is 11.4 Å². The maximum Gasteiger partial charge on any atom is 0.311 e. The zero-order valence-corrected chi connectivity index (χ0v) is 16.0. The molecule has 5 rings (SSSR count). The summed E-state index contributed by atoms with van der Waals surface area (Å²) in [5, 5.41) is 4.91. The number of rotatable bonds is 5. The molecular weight excluding hydrogens is 384 g/mol. The van der Waals surface area contributed by atoms with E-state index in [-0.39, 0.29) is 18.9 Å². The van der Waals surface area contributed by atoms with E-state index in [0.29, 0.717) is 23.8 Å². The van der Waals surface area contributed by atoms with Crippen LogP contribution in [0.5, 0.6) is 0 Å². The summed E-state index contributed by atoms with van der Waals surface area (Å²) in [6, 6.07) is 20.5. The van der Waals surface area contributed by atoms with Crippen LogP contribution in [0.4, 0.5) is 5.69 Å². The van der Waals surface area contributed by atoms with Crippen LogP contribution >= 0.6 is 0 Å². The predicted octanol–water partition coefficient (Wildman–Crippen LogP) is 4.18. The molecular formula is C23H18N2O5. The van der Waals surface area contributed by atoms with Crippen molar-refractivity contribution < 1.29 is 23.3 Å². The van der Waals surface area contributed by atoms with E-state index in [9.17, 15) is 9.59 Å². The van der Waals surface area contributed by atoms with Crippen LogP contribution in [-0.4, -0.2) is 23.6 Å². The van der Waals surface area contributed by atoms with E-state index >= 15 is 0 Å². The van der Waals surface area contributed by atoms with Crippen molar-refractivity contribution >= 4 is 28.5 Å². The molecule has 0 spiro atoms. The summed E-state index contributed by atoms with van der Waals surface area (Å²) in [6.07, 6.45) is 0.136. The largest absolute Gasteiger partial charge is 0.459 e. The zero-order valence-electron chi connectivity index (χ0n) is 16.0. The first-order chi connectivity index (χ1) is 14.7. The van der Waals surface area contributed by atoms with E-state index in [4.69, 9.17) is 13.7 Å². The Hall–Kier alpha value is -3.87. The summed E-state index contributed by atoms with van der Waals surface area (Å²) in [6.45, 7) is 0.281. The maximum atomic E-state index is 12.5. The molecule has 1 atom stereocenters. The molecule has 4 aromatic rings. The minimum atomic E-state index is -0.501. The van der Waals surface area contributed by atoms with Crippen molar-refractivity contribution in [1.82, 2.24) is 5.16 Å². The second-order valence-electron chi connectivity index (χ2n) is 7.18. The molecule has 1 aliphatic heterocycles. The fraction of sp³-hybridized carbons (Fsp3) is 0.174. The number of hydrogen-bond donors (Lipinski definition) is 0. The lowest BCUT2D eigenvalue weighted by Crippen LogP contribution is -2.26. The first-order valence-electron chi connectivity index (χ1n) is 9.64. The Balaban J connectivity index is 1.21. The molecule has 0 bridgehead atoms. The third-order valence-corrected chi connectivity index (χ3v) is 5.12. The summed E-state index contributed by atoms with van der Waals surface area (Å²) >= 11 is 0. The molecule has 1 aliphatic rings. The Morgan fingerprint density at radius 2 is 1.87 bits per heavy atom. The molecule has 2 aromatic heterocycles. The number of fused-ring (bicyclic) bond motifs is 1. The average Bonchev–Trinajstić information content (AvgIpc) is 3.50. The molecule has 1 saturated heterocycles. The first kappa shape index (κ1) is 18.2. The fourth-order valence-corrected chi connectivity index (χ4v) is 3.59. The minimum absolute atomic E-state index is 0.0292. The Bertz CT molecular complexity index is 1180. The molecule has 150 valence electrons. The monoisotopic (exact) mass is 402 g/mol. The molecule has 0 unspecified atom stereocenters. The van der Waals surface area contributed by atoms with Crippen LogP contribution in [0.2, 0.25) is 0 Å². The fourth-order valence-electron chi connectivity index (χ4n) is 3.59. The lowest BCUT2D eigenvalue weighted by molar-refractivity contribution is -0.149. The number of hydrogen-bond acceptors (Lipinski definition) is 6. The van der Waals surface area contributed by atoms with Gasteiger partial charge in [-0.25, -0.2) is 0 Å². The highest BCUT2D eigenvalue weighted by atomic mass is 16.5. The minimum Gasteiger partial charge on any atom is -0.459 e. The standard InChI is InChI=1S/C23H18N2O5/c26-22-11-16(13-25(22)18-7-2-1-3-8-18)23(27)28-14-17-12-21(30-24-17)20-10-15-6-4-5-9-19(15)29-20/h1-10,12,16H,11,13-14H2/t16-/m1/s1. The van der Waals surface area contributed by atoms with E-state index in [1.807, 2.05) is 60.7 Å². The number of aromatic nitrogens is 1. The van der Waals surface area contributed by atoms with Crippen LogP contribution in [0, 0.1) is 5.92 Å². The van der Waals surface area contributed by atoms with Gasteiger partial charge in [-0.15, -0.1) is 0 Å². The first-order valence-corrected chi connectivity index (χ1v) is 9.64. The second kappa shape index (κ2) is 7.51. The lowest BCUT2D eigenvalue weighted by atomic mass is 10.1. The number of amides is 1. The third-order valence-electron chi connectivity index (χ3n) is 5.12. The topological polar surface area (TPSA) is 85.8 Å². The van der Waals surface area contributed by atoms with E-state index in [0.717, 1.165) is 16.7 Å². The van der Waals surface area contributed by atoms with Gasteiger partial charge in [0.25, 0.3) is 0 Å². The Labute approximate surface area is 171 Å². The number of para-hydroxylation sites is 2. The van der Waals surface area contributed by atoms with Crippen molar-refractivity contribution in [3.05, 3.63) is 72.4 Å². The van der Waals surface area contributed by atoms with Gasteiger partial charge in [0, 0.05) is 30.1 Å². The molecule has 2 aromatic carbocycles. The Kier molecular flexibility index (Phi) is 4.55. The van der Waals surface area contributed by atoms with Crippen molar-refractivity contribution in [3.63, 3.8) is 0 Å². The van der Waals surface area contributed by atoms with Crippen molar-refractivity contribution in [2.45, 2.75) is 13.0 Å². The molecule has 0 N–H and O–H groups in total. The third kappa shape index (κ3) is 3.45. The van der Waals surface area contributed by atoms with E-state index < -0.39 is 11.9 Å². The lowest BCUT2D eigenvalue weighted by Gasteiger charge is -2.16. The summed E-state index contributed by atoms with van der Waals surface area (Å²) in [5.74, 6) is 0.0102. The molecule has 7 heteroatoms. The molecule has 0 aliphatic carbocycles. The van der Waals surface area contributed by atoms with Crippen LogP contribution in [0.15, 0.2) is 75.7 Å². The van der Waals surface area contributed by atoms with Crippen LogP contribution in [-0.2, 0) is 20.9 Å². The summed E-state index contributed by atoms with van der Waals surface area (Å²) in [7, 11) is 0. The number of ether oxygens (including phenoxy) is 1. The summed E-state index contributed by atoms with van der Waals surface area (Å²) in [5.41, 5.74) is 2.01.